The van der Waals surface area contributed by atoms with E-state index in [2.05, 4.69) is 6.92 Å². The van der Waals surface area contributed by atoms with Crippen LogP contribution in [0.25, 0.3) is 0 Å². The number of hydrogen-bond acceptors (Lipinski definition) is 4. The Hall–Kier alpha value is -0.160. The largest absolute Gasteiger partial charge is 0.394 e. The molecule has 0 aromatic heterocycles. The third-order valence-corrected chi connectivity index (χ3v) is 2.75. The summed E-state index contributed by atoms with van der Waals surface area (Å²) < 4.78 is 10.8. The summed E-state index contributed by atoms with van der Waals surface area (Å²) in [5.74, 6) is 0. The van der Waals surface area contributed by atoms with Gasteiger partial charge in [0, 0.05) is 0 Å². The molecule has 0 aromatic rings. The van der Waals surface area contributed by atoms with Crippen LogP contribution in [0.2, 0.25) is 0 Å². The quantitative estimate of drug-likeness (QED) is 0.596. The van der Waals surface area contributed by atoms with E-state index in [1.165, 1.54) is 0 Å². The van der Waals surface area contributed by atoms with Gasteiger partial charge < -0.3 is 19.7 Å². The van der Waals surface area contributed by atoms with Crippen molar-refractivity contribution in [2.24, 2.45) is 0 Å². The fraction of sp³-hybridized carbons (Fsp3) is 1.00. The van der Waals surface area contributed by atoms with E-state index in [0.717, 1.165) is 12.8 Å². The second-order valence-corrected chi connectivity index (χ2v) is 3.74. The van der Waals surface area contributed by atoms with Crippen LogP contribution in [-0.2, 0) is 9.47 Å². The molecule has 2 rings (SSSR count). The number of aliphatic hydroxyl groups excluding tert-OH is 2. The second kappa shape index (κ2) is 3.53. The maximum Gasteiger partial charge on any atom is 0.115 e. The van der Waals surface area contributed by atoms with E-state index in [-0.39, 0.29) is 24.9 Å². The zero-order valence-electron chi connectivity index (χ0n) is 7.72. The third kappa shape index (κ3) is 1.59. The van der Waals surface area contributed by atoms with Crippen LogP contribution >= 0.6 is 0 Å². The molecule has 2 fully saturated rings. The van der Waals surface area contributed by atoms with Crippen molar-refractivity contribution in [1.29, 1.82) is 0 Å². The lowest BCUT2D eigenvalue weighted by Crippen LogP contribution is -2.46. The number of hydrogen-bond donors (Lipinski definition) is 2. The first kappa shape index (κ1) is 9.40. The normalized spacial score (nSPS) is 48.7. The van der Waals surface area contributed by atoms with Gasteiger partial charge >= 0.3 is 0 Å². The lowest BCUT2D eigenvalue weighted by atomic mass is 9.99. The van der Waals surface area contributed by atoms with Gasteiger partial charge in [-0.3, -0.25) is 0 Å². The monoisotopic (exact) mass is 188 g/mol. The highest BCUT2D eigenvalue weighted by Gasteiger charge is 2.56. The first-order valence-corrected chi connectivity index (χ1v) is 4.87. The molecule has 4 heteroatoms. The minimum absolute atomic E-state index is 0.0653. The highest BCUT2D eigenvalue weighted by Crippen LogP contribution is 2.38. The van der Waals surface area contributed by atoms with E-state index >= 15 is 0 Å². The molecule has 0 spiro atoms. The van der Waals surface area contributed by atoms with E-state index in [1.807, 2.05) is 0 Å². The summed E-state index contributed by atoms with van der Waals surface area (Å²) in [5.41, 5.74) is 0. The molecular formula is C9H16O4. The Kier molecular flexibility index (Phi) is 2.55. The van der Waals surface area contributed by atoms with Crippen molar-refractivity contribution >= 4 is 0 Å². The van der Waals surface area contributed by atoms with Crippen LogP contribution in [0.4, 0.5) is 0 Å². The molecule has 2 aliphatic rings. The second-order valence-electron chi connectivity index (χ2n) is 3.74. The van der Waals surface area contributed by atoms with Gasteiger partial charge in [0.05, 0.1) is 12.7 Å². The van der Waals surface area contributed by atoms with Gasteiger partial charge in [-0.05, 0) is 6.42 Å². The van der Waals surface area contributed by atoms with Gasteiger partial charge in [0.2, 0.25) is 0 Å². The van der Waals surface area contributed by atoms with Crippen molar-refractivity contribution in [2.75, 3.05) is 6.61 Å². The summed E-state index contributed by atoms with van der Waals surface area (Å²) in [7, 11) is 0. The number of fused-ring (bicyclic) bond motifs is 1. The van der Waals surface area contributed by atoms with E-state index in [0.29, 0.717) is 0 Å². The average Bonchev–Trinajstić information content (AvgIpc) is 2.90. The molecule has 0 bridgehead atoms. The molecule has 13 heavy (non-hydrogen) atoms. The Labute approximate surface area is 77.5 Å². The van der Waals surface area contributed by atoms with Crippen molar-refractivity contribution in [2.45, 2.75) is 50.3 Å². The summed E-state index contributed by atoms with van der Waals surface area (Å²) in [5, 5.41) is 18.5. The summed E-state index contributed by atoms with van der Waals surface area (Å²) in [6, 6.07) is 0. The van der Waals surface area contributed by atoms with Gasteiger partial charge in [0.25, 0.3) is 0 Å². The molecule has 0 saturated carbocycles. The van der Waals surface area contributed by atoms with Crippen molar-refractivity contribution < 1.29 is 19.7 Å². The predicted molar refractivity (Wildman–Crippen MR) is 45.3 cm³/mol. The fourth-order valence-corrected chi connectivity index (χ4v) is 1.97. The fourth-order valence-electron chi connectivity index (χ4n) is 1.97. The van der Waals surface area contributed by atoms with Crippen molar-refractivity contribution in [3.05, 3.63) is 0 Å². The van der Waals surface area contributed by atoms with Gasteiger partial charge in [-0.2, -0.15) is 0 Å². The molecule has 2 N–H and O–H groups in total. The maximum absolute atomic E-state index is 9.56. The zero-order valence-corrected chi connectivity index (χ0v) is 7.72. The van der Waals surface area contributed by atoms with Crippen LogP contribution in [-0.4, -0.2) is 47.3 Å². The molecule has 0 amide bonds. The summed E-state index contributed by atoms with van der Waals surface area (Å²) in [4.78, 5) is 0. The van der Waals surface area contributed by atoms with Crippen LogP contribution in [0, 0.1) is 0 Å². The molecule has 5 atom stereocenters. The minimum atomic E-state index is -0.650. The summed E-state index contributed by atoms with van der Waals surface area (Å²) >= 11 is 0. The van der Waals surface area contributed by atoms with Gasteiger partial charge in [0.15, 0.2) is 0 Å². The van der Waals surface area contributed by atoms with Crippen LogP contribution in [0.1, 0.15) is 19.8 Å². The molecular weight excluding hydrogens is 172 g/mol. The first-order chi connectivity index (χ1) is 6.27. The SMILES string of the molecule is CCC[C@H]1O[C@H](CO)[C@@H](O)[C@@H]2O[C@@H]21. The molecule has 0 unspecified atom stereocenters. The topological polar surface area (TPSA) is 62.2 Å². The van der Waals surface area contributed by atoms with Gasteiger partial charge in [0.1, 0.15) is 24.4 Å². The highest BCUT2D eigenvalue weighted by molar-refractivity contribution is 5.02. The molecule has 4 nitrogen and oxygen atoms in total. The Balaban J connectivity index is 1.95. The molecule has 2 heterocycles. The van der Waals surface area contributed by atoms with Crippen molar-refractivity contribution in [3.63, 3.8) is 0 Å². The standard InChI is InChI=1S/C9H16O4/c1-2-3-5-8-9(13-8)7(11)6(4-10)12-5/h5-11H,2-4H2,1H3/t5-,6-,7-,8-,9+/m1/s1. The smallest absolute Gasteiger partial charge is 0.115 e. The van der Waals surface area contributed by atoms with Crippen molar-refractivity contribution in [1.82, 2.24) is 0 Å². The lowest BCUT2D eigenvalue weighted by molar-refractivity contribution is -0.120. The van der Waals surface area contributed by atoms with Crippen LogP contribution in [0.5, 0.6) is 0 Å². The number of rotatable bonds is 3. The molecule has 0 aliphatic carbocycles. The lowest BCUT2D eigenvalue weighted by Gasteiger charge is -2.29. The molecule has 0 aromatic carbocycles. The first-order valence-electron chi connectivity index (χ1n) is 4.87. The third-order valence-electron chi connectivity index (χ3n) is 2.75. The maximum atomic E-state index is 9.56. The Morgan fingerprint density at radius 2 is 1.92 bits per heavy atom. The summed E-state index contributed by atoms with van der Waals surface area (Å²) in [6.45, 7) is 1.95. The van der Waals surface area contributed by atoms with Crippen LogP contribution in [0.15, 0.2) is 0 Å². The number of ether oxygens (including phenoxy) is 2. The molecule has 2 saturated heterocycles. The minimum Gasteiger partial charge on any atom is -0.394 e. The Bertz CT molecular complexity index is 182. The molecule has 76 valence electrons. The number of aliphatic hydroxyl groups is 2. The Morgan fingerprint density at radius 3 is 2.54 bits per heavy atom. The zero-order chi connectivity index (χ0) is 9.42. The van der Waals surface area contributed by atoms with Crippen LogP contribution < -0.4 is 0 Å². The summed E-state index contributed by atoms with van der Waals surface area (Å²) in [6.07, 6.45) is 0.898. The van der Waals surface area contributed by atoms with Gasteiger partial charge in [-0.15, -0.1) is 0 Å². The van der Waals surface area contributed by atoms with Crippen molar-refractivity contribution in [3.8, 4) is 0 Å². The van der Waals surface area contributed by atoms with Gasteiger partial charge in [-0.1, -0.05) is 13.3 Å². The van der Waals surface area contributed by atoms with Gasteiger partial charge in [-0.25, -0.2) is 0 Å². The predicted octanol–water partition coefficient (Wildman–Crippen LogP) is -0.326. The van der Waals surface area contributed by atoms with Crippen LogP contribution in [0.3, 0.4) is 0 Å². The van der Waals surface area contributed by atoms with E-state index in [4.69, 9.17) is 14.6 Å². The number of epoxide rings is 1. The van der Waals surface area contributed by atoms with E-state index < -0.39 is 12.2 Å². The van der Waals surface area contributed by atoms with E-state index in [9.17, 15) is 5.11 Å². The Morgan fingerprint density at radius 1 is 1.15 bits per heavy atom. The average molecular weight is 188 g/mol. The highest BCUT2D eigenvalue weighted by atomic mass is 16.7. The van der Waals surface area contributed by atoms with E-state index in [1.54, 1.807) is 0 Å². The molecule has 2 aliphatic heterocycles. The molecule has 0 radical (unpaired) electrons.